The minimum absolute atomic E-state index is 0. The Balaban J connectivity index is 0.00000274. The van der Waals surface area contributed by atoms with E-state index in [-0.39, 0.29) is 35.7 Å². The van der Waals surface area contributed by atoms with Crippen LogP contribution >= 0.6 is 12.4 Å². The SMILES string of the molecule is COc1cc2nc(N3CCCC(N4C(=O)CC5(CCCC5)CC4=O)C3)nc(N)c2cc1OC.Cl. The highest BCUT2D eigenvalue weighted by molar-refractivity contribution is 5.99. The lowest BCUT2D eigenvalue weighted by Gasteiger charge is -2.43. The summed E-state index contributed by atoms with van der Waals surface area (Å²) in [4.78, 5) is 39.0. The molecule has 2 saturated heterocycles. The maximum absolute atomic E-state index is 13.1. The minimum Gasteiger partial charge on any atom is -0.493 e. The summed E-state index contributed by atoms with van der Waals surface area (Å²) in [6, 6.07) is 3.40. The second-order valence-electron chi connectivity index (χ2n) is 9.59. The Kier molecular flexibility index (Phi) is 6.75. The third-order valence-electron chi connectivity index (χ3n) is 7.52. The Morgan fingerprint density at radius 1 is 1.00 bits per heavy atom. The fraction of sp³-hybridized carbons (Fsp3) is 0.583. The number of ether oxygens (including phenoxy) is 2. The van der Waals surface area contributed by atoms with Crippen molar-refractivity contribution in [2.24, 2.45) is 5.41 Å². The lowest BCUT2D eigenvalue weighted by atomic mass is 9.76. The van der Waals surface area contributed by atoms with Crippen molar-refractivity contribution in [1.82, 2.24) is 14.9 Å². The summed E-state index contributed by atoms with van der Waals surface area (Å²) < 4.78 is 10.8. The number of hydrogen-bond donors (Lipinski definition) is 1. The van der Waals surface area contributed by atoms with E-state index < -0.39 is 0 Å². The molecule has 0 bridgehead atoms. The van der Waals surface area contributed by atoms with Gasteiger partial charge < -0.3 is 20.1 Å². The number of nitrogen functional groups attached to an aromatic ring is 1. The van der Waals surface area contributed by atoms with Crippen molar-refractivity contribution in [1.29, 1.82) is 0 Å². The van der Waals surface area contributed by atoms with Gasteiger partial charge in [-0.15, -0.1) is 12.4 Å². The Morgan fingerprint density at radius 3 is 2.29 bits per heavy atom. The number of carbonyl (C=O) groups is 2. The number of carbonyl (C=O) groups excluding carboxylic acids is 2. The van der Waals surface area contributed by atoms with Crippen molar-refractivity contribution < 1.29 is 19.1 Å². The lowest BCUT2D eigenvalue weighted by Crippen LogP contribution is -2.57. The number of methoxy groups -OCH3 is 2. The Bertz CT molecular complexity index is 1080. The number of hydrogen-bond acceptors (Lipinski definition) is 8. The fourth-order valence-electron chi connectivity index (χ4n) is 5.85. The molecule has 1 atom stereocenters. The summed E-state index contributed by atoms with van der Waals surface area (Å²) in [5.74, 6) is 1.95. The maximum Gasteiger partial charge on any atom is 0.230 e. The van der Waals surface area contributed by atoms with Crippen LogP contribution in [0.1, 0.15) is 51.4 Å². The zero-order chi connectivity index (χ0) is 23.2. The van der Waals surface area contributed by atoms with Gasteiger partial charge in [0.1, 0.15) is 5.82 Å². The molecule has 34 heavy (non-hydrogen) atoms. The quantitative estimate of drug-likeness (QED) is 0.651. The zero-order valence-corrected chi connectivity index (χ0v) is 20.5. The van der Waals surface area contributed by atoms with E-state index >= 15 is 0 Å². The molecule has 1 unspecified atom stereocenters. The van der Waals surface area contributed by atoms with E-state index in [1.54, 1.807) is 26.4 Å². The van der Waals surface area contributed by atoms with Crippen molar-refractivity contribution in [3.63, 3.8) is 0 Å². The summed E-state index contributed by atoms with van der Waals surface area (Å²) >= 11 is 0. The number of amides is 2. The first-order valence-electron chi connectivity index (χ1n) is 11.7. The van der Waals surface area contributed by atoms with Crippen molar-refractivity contribution in [2.45, 2.75) is 57.4 Å². The highest BCUT2D eigenvalue weighted by atomic mass is 35.5. The lowest BCUT2D eigenvalue weighted by molar-refractivity contribution is -0.156. The van der Waals surface area contributed by atoms with Crippen LogP contribution in [0, 0.1) is 5.41 Å². The Hall–Kier alpha value is -2.81. The Morgan fingerprint density at radius 2 is 1.65 bits per heavy atom. The molecule has 2 aromatic rings. The number of halogens is 1. The van der Waals surface area contributed by atoms with Crippen molar-refractivity contribution in [3.05, 3.63) is 12.1 Å². The number of fused-ring (bicyclic) bond motifs is 1. The van der Waals surface area contributed by atoms with E-state index in [1.165, 1.54) is 4.90 Å². The number of aromatic nitrogens is 2. The molecule has 5 rings (SSSR count). The molecule has 3 fully saturated rings. The second kappa shape index (κ2) is 9.44. The molecule has 0 radical (unpaired) electrons. The summed E-state index contributed by atoms with van der Waals surface area (Å²) in [7, 11) is 3.15. The van der Waals surface area contributed by atoms with Gasteiger partial charge in [-0.2, -0.15) is 4.98 Å². The van der Waals surface area contributed by atoms with Crippen LogP contribution in [0.4, 0.5) is 11.8 Å². The van der Waals surface area contributed by atoms with Crippen LogP contribution in [-0.2, 0) is 9.59 Å². The van der Waals surface area contributed by atoms with E-state index in [2.05, 4.69) is 4.98 Å². The molecular formula is C24H32ClN5O4. The summed E-state index contributed by atoms with van der Waals surface area (Å²) in [6.07, 6.45) is 6.87. The number of piperidine rings is 2. The van der Waals surface area contributed by atoms with Crippen LogP contribution in [0.2, 0.25) is 0 Å². The predicted molar refractivity (Wildman–Crippen MR) is 132 cm³/mol. The summed E-state index contributed by atoms with van der Waals surface area (Å²) in [6.45, 7) is 1.26. The standard InChI is InChI=1S/C24H31N5O4.ClH/c1-32-18-10-16-17(11-19(18)33-2)26-23(27-22(16)25)28-9-5-6-15(14-28)29-20(30)12-24(13-21(29)31)7-3-4-8-24;/h10-11,15H,3-9,12-14H2,1-2H3,(H2,25,26,27);1H. The number of benzene rings is 1. The highest BCUT2D eigenvalue weighted by Crippen LogP contribution is 2.47. The van der Waals surface area contributed by atoms with Gasteiger partial charge >= 0.3 is 0 Å². The second-order valence-corrected chi connectivity index (χ2v) is 9.59. The zero-order valence-electron chi connectivity index (χ0n) is 19.7. The van der Waals surface area contributed by atoms with Crippen LogP contribution in [-0.4, -0.2) is 60.0 Å². The molecule has 3 heterocycles. The van der Waals surface area contributed by atoms with Gasteiger partial charge in [-0.05, 0) is 37.2 Å². The smallest absolute Gasteiger partial charge is 0.230 e. The van der Waals surface area contributed by atoms with Gasteiger partial charge in [0.05, 0.1) is 25.8 Å². The van der Waals surface area contributed by atoms with Crippen molar-refractivity contribution >= 4 is 46.9 Å². The van der Waals surface area contributed by atoms with E-state index in [9.17, 15) is 9.59 Å². The molecule has 3 aliphatic rings. The molecule has 184 valence electrons. The van der Waals surface area contributed by atoms with Gasteiger partial charge in [0.2, 0.25) is 17.8 Å². The van der Waals surface area contributed by atoms with Gasteiger partial charge in [0.25, 0.3) is 0 Å². The molecule has 1 aromatic heterocycles. The van der Waals surface area contributed by atoms with Crippen LogP contribution < -0.4 is 20.1 Å². The van der Waals surface area contributed by atoms with E-state index in [4.69, 9.17) is 20.2 Å². The highest BCUT2D eigenvalue weighted by Gasteiger charge is 2.47. The molecule has 1 aromatic carbocycles. The average Bonchev–Trinajstić information content (AvgIpc) is 3.24. The maximum atomic E-state index is 13.1. The Labute approximate surface area is 205 Å². The first-order valence-corrected chi connectivity index (χ1v) is 11.7. The molecule has 2 aliphatic heterocycles. The fourth-order valence-corrected chi connectivity index (χ4v) is 5.85. The molecular weight excluding hydrogens is 458 g/mol. The largest absolute Gasteiger partial charge is 0.493 e. The van der Waals surface area contributed by atoms with Crippen LogP contribution in [0.15, 0.2) is 12.1 Å². The number of nitrogens with two attached hydrogens (primary N) is 1. The summed E-state index contributed by atoms with van der Waals surface area (Å²) in [5.41, 5.74) is 6.84. The van der Waals surface area contributed by atoms with Gasteiger partial charge in [0.15, 0.2) is 11.5 Å². The van der Waals surface area contributed by atoms with Crippen LogP contribution in [0.5, 0.6) is 11.5 Å². The molecule has 1 aliphatic carbocycles. The van der Waals surface area contributed by atoms with Gasteiger partial charge in [-0.3, -0.25) is 14.5 Å². The third kappa shape index (κ3) is 4.21. The van der Waals surface area contributed by atoms with Crippen LogP contribution in [0.25, 0.3) is 10.9 Å². The average molecular weight is 490 g/mol. The molecule has 9 nitrogen and oxygen atoms in total. The van der Waals surface area contributed by atoms with Crippen molar-refractivity contribution in [2.75, 3.05) is 37.9 Å². The predicted octanol–water partition coefficient (Wildman–Crippen LogP) is 3.33. The normalized spacial score (nSPS) is 22.2. The first kappa shape index (κ1) is 24.3. The topological polar surface area (TPSA) is 111 Å². The number of nitrogens with zero attached hydrogens (tertiary/aromatic N) is 4. The van der Waals surface area contributed by atoms with E-state index in [0.717, 1.165) is 45.1 Å². The van der Waals surface area contributed by atoms with Gasteiger partial charge in [-0.25, -0.2) is 4.98 Å². The number of likely N-dealkylation sites (tertiary alicyclic amines) is 1. The van der Waals surface area contributed by atoms with Gasteiger partial charge in [-0.1, -0.05) is 12.8 Å². The minimum atomic E-state index is -0.163. The van der Waals surface area contributed by atoms with E-state index in [1.807, 2.05) is 4.90 Å². The number of imide groups is 1. The monoisotopic (exact) mass is 489 g/mol. The van der Waals surface area contributed by atoms with Crippen LogP contribution in [0.3, 0.4) is 0 Å². The summed E-state index contributed by atoms with van der Waals surface area (Å²) in [5, 5.41) is 0.688. The first-order chi connectivity index (χ1) is 15.9. The van der Waals surface area contributed by atoms with Gasteiger partial charge in [0, 0.05) is 37.4 Å². The number of rotatable bonds is 4. The van der Waals surface area contributed by atoms with E-state index in [0.29, 0.717) is 53.6 Å². The third-order valence-corrected chi connectivity index (χ3v) is 7.52. The number of anilines is 2. The molecule has 2 N–H and O–H groups in total. The molecule has 10 heteroatoms. The molecule has 1 saturated carbocycles. The molecule has 2 amide bonds. The molecule has 1 spiro atoms. The van der Waals surface area contributed by atoms with Crippen molar-refractivity contribution in [3.8, 4) is 11.5 Å².